The number of hydrogen-bond donors (Lipinski definition) is 1. The molecule has 1 aromatic carbocycles. The molecule has 1 aromatic rings. The van der Waals surface area contributed by atoms with E-state index in [1.807, 2.05) is 12.1 Å². The highest BCUT2D eigenvalue weighted by atomic mass is 35.5. The minimum atomic E-state index is 0.0324. The first-order chi connectivity index (χ1) is 6.59. The van der Waals surface area contributed by atoms with Crippen molar-refractivity contribution in [2.45, 2.75) is 0 Å². The fraction of sp³-hybridized carbons (Fsp3) is 0.300. The summed E-state index contributed by atoms with van der Waals surface area (Å²) in [4.78, 5) is 12.8. The normalized spacial score (nSPS) is 9.64. The van der Waals surface area contributed by atoms with Gasteiger partial charge in [-0.25, -0.2) is 0 Å². The number of rotatable bonds is 3. The van der Waals surface area contributed by atoms with Crippen molar-refractivity contribution in [1.29, 1.82) is 0 Å². The van der Waals surface area contributed by atoms with Crippen LogP contribution >= 0.6 is 11.6 Å². The lowest BCUT2D eigenvalue weighted by Crippen LogP contribution is -2.28. The Balaban J connectivity index is 2.50. The second kappa shape index (κ2) is 4.86. The van der Waals surface area contributed by atoms with Gasteiger partial charge in [0.2, 0.25) is 5.91 Å². The van der Waals surface area contributed by atoms with E-state index in [-0.39, 0.29) is 12.5 Å². The van der Waals surface area contributed by atoms with Crippen molar-refractivity contribution in [3.8, 4) is 0 Å². The number of likely N-dealkylation sites (N-methyl/N-ethyl adjacent to an activating group) is 1. The Hall–Kier alpha value is -1.22. The van der Waals surface area contributed by atoms with Crippen LogP contribution in [0.4, 0.5) is 5.69 Å². The Morgan fingerprint density at radius 3 is 2.79 bits per heavy atom. The van der Waals surface area contributed by atoms with Gasteiger partial charge in [-0.3, -0.25) is 4.79 Å². The predicted octanol–water partition coefficient (Wildman–Crippen LogP) is 1.84. The van der Waals surface area contributed by atoms with Gasteiger partial charge in [-0.1, -0.05) is 17.7 Å². The summed E-state index contributed by atoms with van der Waals surface area (Å²) >= 11 is 5.79. The molecule has 0 bridgehead atoms. The Labute approximate surface area is 88.7 Å². The molecule has 4 heteroatoms. The molecule has 0 saturated heterocycles. The smallest absolute Gasteiger partial charge is 0.241 e. The first-order valence-electron chi connectivity index (χ1n) is 4.29. The Morgan fingerprint density at radius 1 is 1.50 bits per heavy atom. The van der Waals surface area contributed by atoms with E-state index < -0.39 is 0 Å². The fourth-order valence-corrected chi connectivity index (χ4v) is 1.12. The summed E-state index contributed by atoms with van der Waals surface area (Å²) in [6, 6.07) is 7.28. The number of carbonyl (C=O) groups excluding carboxylic acids is 1. The molecule has 0 aliphatic carbocycles. The summed E-state index contributed by atoms with van der Waals surface area (Å²) in [7, 11) is 3.45. The molecule has 0 aliphatic heterocycles. The van der Waals surface area contributed by atoms with Gasteiger partial charge in [-0.2, -0.15) is 0 Å². The predicted molar refractivity (Wildman–Crippen MR) is 58.6 cm³/mol. The quantitative estimate of drug-likeness (QED) is 0.830. The molecule has 3 nitrogen and oxygen atoms in total. The molecule has 1 amide bonds. The third-order valence-corrected chi connectivity index (χ3v) is 2.00. The van der Waals surface area contributed by atoms with Crippen molar-refractivity contribution in [1.82, 2.24) is 4.90 Å². The number of halogens is 1. The lowest BCUT2D eigenvalue weighted by atomic mass is 10.3. The molecule has 0 saturated carbocycles. The summed E-state index contributed by atoms with van der Waals surface area (Å²) in [5, 5.41) is 3.65. The van der Waals surface area contributed by atoms with Gasteiger partial charge >= 0.3 is 0 Å². The summed E-state index contributed by atoms with van der Waals surface area (Å²) in [5.74, 6) is 0.0324. The molecular formula is C10H13ClN2O. The first-order valence-corrected chi connectivity index (χ1v) is 4.67. The minimum absolute atomic E-state index is 0.0324. The van der Waals surface area contributed by atoms with Crippen molar-refractivity contribution in [2.24, 2.45) is 0 Å². The third-order valence-electron chi connectivity index (χ3n) is 1.77. The van der Waals surface area contributed by atoms with Crippen molar-refractivity contribution >= 4 is 23.2 Å². The van der Waals surface area contributed by atoms with E-state index in [1.165, 1.54) is 4.90 Å². The number of nitrogens with one attached hydrogen (secondary N) is 1. The van der Waals surface area contributed by atoms with E-state index >= 15 is 0 Å². The number of hydrogen-bond acceptors (Lipinski definition) is 2. The highest BCUT2D eigenvalue weighted by Gasteiger charge is 2.02. The van der Waals surface area contributed by atoms with Crippen LogP contribution in [0.1, 0.15) is 0 Å². The first kappa shape index (κ1) is 10.9. The molecular weight excluding hydrogens is 200 g/mol. The molecule has 0 aromatic heterocycles. The van der Waals surface area contributed by atoms with Gasteiger partial charge in [0.05, 0.1) is 6.54 Å². The van der Waals surface area contributed by atoms with E-state index in [4.69, 9.17) is 11.6 Å². The molecule has 0 radical (unpaired) electrons. The fourth-order valence-electron chi connectivity index (χ4n) is 0.934. The third kappa shape index (κ3) is 3.26. The molecule has 0 aliphatic rings. The second-order valence-electron chi connectivity index (χ2n) is 3.15. The molecule has 14 heavy (non-hydrogen) atoms. The summed E-state index contributed by atoms with van der Waals surface area (Å²) < 4.78 is 0. The van der Waals surface area contributed by atoms with Crippen molar-refractivity contribution in [2.75, 3.05) is 26.0 Å². The second-order valence-corrected chi connectivity index (χ2v) is 3.59. The van der Waals surface area contributed by atoms with Crippen LogP contribution in [0.15, 0.2) is 24.3 Å². The SMILES string of the molecule is CN(C)C(=O)CNc1cccc(Cl)c1. The molecule has 0 heterocycles. The van der Waals surface area contributed by atoms with Gasteiger partial charge in [-0.05, 0) is 18.2 Å². The number of nitrogens with zero attached hydrogens (tertiary/aromatic N) is 1. The molecule has 1 rings (SSSR count). The molecule has 76 valence electrons. The van der Waals surface area contributed by atoms with Gasteiger partial charge in [0, 0.05) is 24.8 Å². The van der Waals surface area contributed by atoms with Gasteiger partial charge < -0.3 is 10.2 Å². The van der Waals surface area contributed by atoms with Crippen LogP contribution in [-0.2, 0) is 4.79 Å². The highest BCUT2D eigenvalue weighted by molar-refractivity contribution is 6.30. The van der Waals surface area contributed by atoms with Crippen LogP contribution in [0.3, 0.4) is 0 Å². The summed E-state index contributed by atoms with van der Waals surface area (Å²) in [6.07, 6.45) is 0. The zero-order valence-corrected chi connectivity index (χ0v) is 9.01. The van der Waals surface area contributed by atoms with Gasteiger partial charge in [0.1, 0.15) is 0 Å². The lowest BCUT2D eigenvalue weighted by molar-refractivity contribution is -0.126. The van der Waals surface area contributed by atoms with Gasteiger partial charge in [0.15, 0.2) is 0 Å². The molecule has 0 atom stereocenters. The minimum Gasteiger partial charge on any atom is -0.376 e. The number of carbonyl (C=O) groups is 1. The maximum absolute atomic E-state index is 11.2. The molecule has 0 spiro atoms. The Bertz CT molecular complexity index is 326. The number of benzene rings is 1. The van der Waals surface area contributed by atoms with E-state index in [1.54, 1.807) is 26.2 Å². The van der Waals surface area contributed by atoms with E-state index in [9.17, 15) is 4.79 Å². The van der Waals surface area contributed by atoms with Crippen LogP contribution in [0, 0.1) is 0 Å². The zero-order chi connectivity index (χ0) is 10.6. The standard InChI is InChI=1S/C10H13ClN2O/c1-13(2)10(14)7-12-9-5-3-4-8(11)6-9/h3-6,12H,7H2,1-2H3. The average Bonchev–Trinajstić information content (AvgIpc) is 2.14. The average molecular weight is 213 g/mol. The van der Waals surface area contributed by atoms with Crippen molar-refractivity contribution in [3.63, 3.8) is 0 Å². The van der Waals surface area contributed by atoms with Gasteiger partial charge in [-0.15, -0.1) is 0 Å². The number of amides is 1. The van der Waals surface area contributed by atoms with Crippen molar-refractivity contribution < 1.29 is 4.79 Å². The maximum Gasteiger partial charge on any atom is 0.241 e. The van der Waals surface area contributed by atoms with E-state index in [2.05, 4.69) is 5.32 Å². The van der Waals surface area contributed by atoms with Crippen molar-refractivity contribution in [3.05, 3.63) is 29.3 Å². The van der Waals surface area contributed by atoms with Crippen LogP contribution in [0.5, 0.6) is 0 Å². The van der Waals surface area contributed by atoms with Crippen LogP contribution in [0.25, 0.3) is 0 Å². The van der Waals surface area contributed by atoms with Crippen LogP contribution in [0.2, 0.25) is 5.02 Å². The molecule has 0 unspecified atom stereocenters. The molecule has 0 fully saturated rings. The Kier molecular flexibility index (Phi) is 3.77. The number of anilines is 1. The topological polar surface area (TPSA) is 32.3 Å². The van der Waals surface area contributed by atoms with E-state index in [0.29, 0.717) is 5.02 Å². The van der Waals surface area contributed by atoms with E-state index in [0.717, 1.165) is 5.69 Å². The van der Waals surface area contributed by atoms with Crippen LogP contribution < -0.4 is 5.32 Å². The Morgan fingerprint density at radius 2 is 2.21 bits per heavy atom. The zero-order valence-electron chi connectivity index (χ0n) is 8.25. The largest absolute Gasteiger partial charge is 0.376 e. The lowest BCUT2D eigenvalue weighted by Gasteiger charge is -2.11. The monoisotopic (exact) mass is 212 g/mol. The molecule has 1 N–H and O–H groups in total. The van der Waals surface area contributed by atoms with Gasteiger partial charge in [0.25, 0.3) is 0 Å². The van der Waals surface area contributed by atoms with Crippen LogP contribution in [-0.4, -0.2) is 31.4 Å². The highest BCUT2D eigenvalue weighted by Crippen LogP contribution is 2.14. The maximum atomic E-state index is 11.2. The summed E-state index contributed by atoms with van der Waals surface area (Å²) in [6.45, 7) is 0.285. The summed E-state index contributed by atoms with van der Waals surface area (Å²) in [5.41, 5.74) is 0.854.